The highest BCUT2D eigenvalue weighted by Gasteiger charge is 2.24. The van der Waals surface area contributed by atoms with Crippen molar-refractivity contribution in [2.75, 3.05) is 25.9 Å². The fraction of sp³-hybridized carbons (Fsp3) is 0.444. The van der Waals surface area contributed by atoms with Gasteiger partial charge < -0.3 is 15.1 Å². The second-order valence-corrected chi connectivity index (χ2v) is 9.82. The summed E-state index contributed by atoms with van der Waals surface area (Å²) in [5.74, 6) is -0.542. The minimum atomic E-state index is -0.332. The molecule has 0 heterocycles. The summed E-state index contributed by atoms with van der Waals surface area (Å²) in [6.07, 6.45) is 5.67. The number of rotatable bonds is 10. The van der Waals surface area contributed by atoms with Crippen molar-refractivity contribution in [3.8, 4) is 0 Å². The minimum absolute atomic E-state index is 0.0664. The smallest absolute Gasteiger partial charge is 0.255 e. The molecule has 188 valence electrons. The van der Waals surface area contributed by atoms with Crippen molar-refractivity contribution >= 4 is 29.5 Å². The summed E-state index contributed by atoms with van der Waals surface area (Å²) in [6, 6.07) is 13.4. The zero-order valence-electron chi connectivity index (χ0n) is 20.5. The molecule has 3 amide bonds. The highest BCUT2D eigenvalue weighted by molar-refractivity contribution is 8.00. The van der Waals surface area contributed by atoms with Crippen LogP contribution in [-0.2, 0) is 16.1 Å². The van der Waals surface area contributed by atoms with Crippen LogP contribution in [0.15, 0.2) is 53.4 Å². The van der Waals surface area contributed by atoms with Crippen LogP contribution in [0.1, 0.15) is 54.9 Å². The molecule has 1 fully saturated rings. The molecule has 0 spiro atoms. The van der Waals surface area contributed by atoms with Gasteiger partial charge in [-0.25, -0.2) is 4.39 Å². The van der Waals surface area contributed by atoms with Crippen LogP contribution < -0.4 is 5.32 Å². The SMILES string of the molecule is CCN(CC(=O)NCc1ccc(F)cc1)C(=O)c1ccccc1SCC(=O)N(C)C1CCCCC1. The third kappa shape index (κ3) is 7.82. The molecule has 1 N–H and O–H groups in total. The number of hydrogen-bond donors (Lipinski definition) is 1. The normalized spacial score (nSPS) is 13.8. The molecule has 0 radical (unpaired) electrons. The lowest BCUT2D eigenvalue weighted by Gasteiger charge is -2.31. The van der Waals surface area contributed by atoms with Gasteiger partial charge in [0.05, 0.1) is 17.9 Å². The molecule has 2 aromatic rings. The summed E-state index contributed by atoms with van der Waals surface area (Å²) in [5.41, 5.74) is 1.26. The number of hydrogen-bond acceptors (Lipinski definition) is 4. The number of nitrogens with one attached hydrogen (secondary N) is 1. The Bertz CT molecular complexity index is 1010. The van der Waals surface area contributed by atoms with Gasteiger partial charge in [-0.15, -0.1) is 11.8 Å². The Morgan fingerprint density at radius 2 is 1.71 bits per heavy atom. The van der Waals surface area contributed by atoms with Crippen molar-refractivity contribution in [1.82, 2.24) is 15.1 Å². The van der Waals surface area contributed by atoms with E-state index in [2.05, 4.69) is 5.32 Å². The second kappa shape index (κ2) is 13.3. The lowest BCUT2D eigenvalue weighted by molar-refractivity contribution is -0.129. The molecule has 1 saturated carbocycles. The van der Waals surface area contributed by atoms with Gasteiger partial charge in [0, 0.05) is 31.1 Å². The molecule has 0 atom stereocenters. The Morgan fingerprint density at radius 3 is 2.40 bits per heavy atom. The van der Waals surface area contributed by atoms with Crippen LogP contribution in [0.2, 0.25) is 0 Å². The summed E-state index contributed by atoms with van der Waals surface area (Å²) in [4.78, 5) is 42.6. The molecule has 1 aliphatic carbocycles. The van der Waals surface area contributed by atoms with Crippen molar-refractivity contribution in [3.63, 3.8) is 0 Å². The number of benzene rings is 2. The van der Waals surface area contributed by atoms with Crippen molar-refractivity contribution < 1.29 is 18.8 Å². The van der Waals surface area contributed by atoms with Crippen molar-refractivity contribution in [2.24, 2.45) is 0 Å². The Hall–Kier alpha value is -2.87. The molecule has 2 aromatic carbocycles. The van der Waals surface area contributed by atoms with Gasteiger partial charge in [-0.3, -0.25) is 14.4 Å². The number of halogens is 1. The lowest BCUT2D eigenvalue weighted by atomic mass is 9.94. The maximum Gasteiger partial charge on any atom is 0.255 e. The van der Waals surface area contributed by atoms with Crippen LogP contribution in [0.5, 0.6) is 0 Å². The number of nitrogens with zero attached hydrogens (tertiary/aromatic N) is 2. The Labute approximate surface area is 211 Å². The topological polar surface area (TPSA) is 69.7 Å². The number of carbonyl (C=O) groups is 3. The number of carbonyl (C=O) groups excluding carboxylic acids is 3. The third-order valence-electron chi connectivity index (χ3n) is 6.39. The molecule has 0 bridgehead atoms. The average Bonchev–Trinajstić information content (AvgIpc) is 2.89. The minimum Gasteiger partial charge on any atom is -0.350 e. The summed E-state index contributed by atoms with van der Waals surface area (Å²) in [7, 11) is 1.87. The summed E-state index contributed by atoms with van der Waals surface area (Å²) in [5, 5.41) is 2.78. The fourth-order valence-corrected chi connectivity index (χ4v) is 5.18. The van der Waals surface area contributed by atoms with Crippen molar-refractivity contribution in [3.05, 3.63) is 65.5 Å². The molecule has 6 nitrogen and oxygen atoms in total. The van der Waals surface area contributed by atoms with Crippen LogP contribution in [0.25, 0.3) is 0 Å². The highest BCUT2D eigenvalue weighted by Crippen LogP contribution is 2.26. The highest BCUT2D eigenvalue weighted by atomic mass is 32.2. The first-order valence-corrected chi connectivity index (χ1v) is 13.2. The maximum absolute atomic E-state index is 13.3. The van der Waals surface area contributed by atoms with Crippen molar-refractivity contribution in [1.29, 1.82) is 0 Å². The Morgan fingerprint density at radius 1 is 1.03 bits per heavy atom. The quantitative estimate of drug-likeness (QED) is 0.489. The lowest BCUT2D eigenvalue weighted by Crippen LogP contribution is -2.40. The van der Waals surface area contributed by atoms with Crippen LogP contribution in [-0.4, -0.2) is 59.5 Å². The standard InChI is InChI=1S/C27H34FN3O3S/c1-3-31(18-25(32)29-17-20-13-15-21(28)16-14-20)27(34)23-11-7-8-12-24(23)35-19-26(33)30(2)22-9-5-4-6-10-22/h7-8,11-16,22H,3-6,9-10,17-19H2,1-2H3,(H,29,32). The molecule has 0 aliphatic heterocycles. The van der Waals surface area contributed by atoms with E-state index in [1.54, 1.807) is 24.3 Å². The second-order valence-electron chi connectivity index (χ2n) is 8.80. The summed E-state index contributed by atoms with van der Waals surface area (Å²) >= 11 is 1.36. The van der Waals surface area contributed by atoms with Crippen LogP contribution in [0, 0.1) is 5.82 Å². The largest absolute Gasteiger partial charge is 0.350 e. The average molecular weight is 500 g/mol. The van der Waals surface area contributed by atoms with E-state index in [4.69, 9.17) is 0 Å². The third-order valence-corrected chi connectivity index (χ3v) is 7.45. The number of amides is 3. The van der Waals surface area contributed by atoms with Crippen LogP contribution in [0.3, 0.4) is 0 Å². The van der Waals surface area contributed by atoms with Gasteiger partial charge in [-0.05, 0) is 49.6 Å². The monoisotopic (exact) mass is 499 g/mol. The Kier molecular flexibility index (Phi) is 10.1. The molecular weight excluding hydrogens is 465 g/mol. The van der Waals surface area contributed by atoms with E-state index in [0.29, 0.717) is 18.2 Å². The Balaban J connectivity index is 1.57. The summed E-state index contributed by atoms with van der Waals surface area (Å²) in [6.45, 7) is 2.36. The predicted octanol–water partition coefficient (Wildman–Crippen LogP) is 4.49. The molecule has 3 rings (SSSR count). The molecule has 0 unspecified atom stereocenters. The number of thioether (sulfide) groups is 1. The van der Waals surface area contributed by atoms with Crippen molar-refractivity contribution in [2.45, 2.75) is 56.5 Å². The van der Waals surface area contributed by atoms with E-state index in [1.807, 2.05) is 31.0 Å². The molecule has 0 saturated heterocycles. The van der Waals surface area contributed by atoms with E-state index >= 15 is 0 Å². The van der Waals surface area contributed by atoms with Gasteiger partial charge >= 0.3 is 0 Å². The van der Waals surface area contributed by atoms with E-state index in [1.165, 1.54) is 35.2 Å². The first-order valence-electron chi connectivity index (χ1n) is 12.2. The van der Waals surface area contributed by atoms with E-state index in [0.717, 1.165) is 36.1 Å². The zero-order chi connectivity index (χ0) is 25.2. The van der Waals surface area contributed by atoms with Crippen LogP contribution in [0.4, 0.5) is 4.39 Å². The van der Waals surface area contributed by atoms with Gasteiger partial charge in [0.1, 0.15) is 5.82 Å². The van der Waals surface area contributed by atoms with Gasteiger partial charge in [0.25, 0.3) is 5.91 Å². The molecule has 1 aliphatic rings. The van der Waals surface area contributed by atoms with Gasteiger partial charge in [0.15, 0.2) is 0 Å². The van der Waals surface area contributed by atoms with Gasteiger partial charge in [0.2, 0.25) is 11.8 Å². The molecule has 35 heavy (non-hydrogen) atoms. The number of likely N-dealkylation sites (N-methyl/N-ethyl adjacent to an activating group) is 1. The maximum atomic E-state index is 13.3. The zero-order valence-corrected chi connectivity index (χ0v) is 21.3. The van der Waals surface area contributed by atoms with Gasteiger partial charge in [-0.1, -0.05) is 43.5 Å². The van der Waals surface area contributed by atoms with E-state index < -0.39 is 0 Å². The predicted molar refractivity (Wildman–Crippen MR) is 137 cm³/mol. The van der Waals surface area contributed by atoms with Crippen LogP contribution >= 0.6 is 11.8 Å². The van der Waals surface area contributed by atoms with E-state index in [-0.39, 0.29) is 42.4 Å². The first-order chi connectivity index (χ1) is 16.9. The molecule has 0 aromatic heterocycles. The van der Waals surface area contributed by atoms with Gasteiger partial charge in [-0.2, -0.15) is 0 Å². The van der Waals surface area contributed by atoms with E-state index in [9.17, 15) is 18.8 Å². The molecule has 8 heteroatoms. The molecular formula is C27H34FN3O3S. The summed E-state index contributed by atoms with van der Waals surface area (Å²) < 4.78 is 13.1. The first kappa shape index (κ1) is 26.7. The fourth-order valence-electron chi connectivity index (χ4n) is 4.21.